The summed E-state index contributed by atoms with van der Waals surface area (Å²) >= 11 is 0. The second kappa shape index (κ2) is 9.12. The van der Waals surface area contributed by atoms with Crippen LogP contribution in [-0.2, 0) is 0 Å². The fraction of sp³-hybridized carbons (Fsp3) is 0.400. The summed E-state index contributed by atoms with van der Waals surface area (Å²) < 4.78 is 5.47. The fourth-order valence-electron chi connectivity index (χ4n) is 6.34. The second-order valence-electron chi connectivity index (χ2n) is 10.3. The first-order chi connectivity index (χ1) is 17.1. The first-order valence-corrected chi connectivity index (χ1v) is 12.9. The molecule has 1 fully saturated rings. The number of hydrogen-bond acceptors (Lipinski definition) is 4. The van der Waals surface area contributed by atoms with Gasteiger partial charge in [0.2, 0.25) is 0 Å². The van der Waals surface area contributed by atoms with Gasteiger partial charge in [-0.25, -0.2) is 4.98 Å². The van der Waals surface area contributed by atoms with Gasteiger partial charge >= 0.3 is 0 Å². The monoisotopic (exact) mass is 467 g/mol. The van der Waals surface area contributed by atoms with Gasteiger partial charge in [-0.3, -0.25) is 9.69 Å². The zero-order valence-electron chi connectivity index (χ0n) is 20.5. The number of benzene rings is 2. The first kappa shape index (κ1) is 22.3. The van der Waals surface area contributed by atoms with Crippen molar-refractivity contribution in [2.75, 3.05) is 13.7 Å². The number of ether oxygens (including phenoxy) is 1. The standard InChI is InChI=1S/C30H33N3O2/c1-19-7-12-24-25(13-16-28(35-2)29(24)31-19)30(34)32-21-10-8-20(9-11-21)17-18-33-26-14-15-27(33)23-6-4-3-5-22(23)26/h3-7,12-16,20-21,26-27H,8-11,17-18H2,1-2H3,(H,32,34). The van der Waals surface area contributed by atoms with E-state index in [-0.39, 0.29) is 11.9 Å². The number of nitrogens with one attached hydrogen (secondary N) is 1. The Morgan fingerprint density at radius 3 is 2.40 bits per heavy atom. The van der Waals surface area contributed by atoms with Gasteiger partial charge in [-0.1, -0.05) is 42.5 Å². The van der Waals surface area contributed by atoms with Crippen LogP contribution >= 0.6 is 0 Å². The average molecular weight is 468 g/mol. The number of nitrogens with zero attached hydrogens (tertiary/aromatic N) is 2. The fourth-order valence-corrected chi connectivity index (χ4v) is 6.34. The topological polar surface area (TPSA) is 54.5 Å². The molecule has 5 heteroatoms. The molecule has 35 heavy (non-hydrogen) atoms. The summed E-state index contributed by atoms with van der Waals surface area (Å²) in [7, 11) is 1.64. The molecule has 0 radical (unpaired) electrons. The first-order valence-electron chi connectivity index (χ1n) is 12.9. The maximum absolute atomic E-state index is 13.2. The summed E-state index contributed by atoms with van der Waals surface area (Å²) in [4.78, 5) is 20.5. The van der Waals surface area contributed by atoms with E-state index in [1.807, 2.05) is 31.2 Å². The van der Waals surface area contributed by atoms with Crippen molar-refractivity contribution in [3.05, 3.63) is 83.1 Å². The van der Waals surface area contributed by atoms with Crippen molar-refractivity contribution in [2.24, 2.45) is 5.92 Å². The number of pyridine rings is 1. The molecule has 0 spiro atoms. The molecule has 1 amide bonds. The third kappa shape index (κ3) is 4.02. The molecule has 3 aliphatic rings. The Kier molecular flexibility index (Phi) is 5.81. The van der Waals surface area contributed by atoms with Gasteiger partial charge in [0.1, 0.15) is 11.3 Å². The Hall–Kier alpha value is -3.18. The van der Waals surface area contributed by atoms with E-state index in [0.717, 1.165) is 41.9 Å². The lowest BCUT2D eigenvalue weighted by atomic mass is 9.84. The van der Waals surface area contributed by atoms with E-state index in [0.29, 0.717) is 23.4 Å². The molecular formula is C30H33N3O2. The van der Waals surface area contributed by atoms with Crippen LogP contribution in [0.5, 0.6) is 5.75 Å². The molecule has 2 aliphatic heterocycles. The zero-order chi connectivity index (χ0) is 23.9. The summed E-state index contributed by atoms with van der Waals surface area (Å²) in [5.41, 5.74) is 5.31. The molecule has 180 valence electrons. The molecule has 2 aromatic carbocycles. The molecule has 2 atom stereocenters. The maximum atomic E-state index is 13.2. The van der Waals surface area contributed by atoms with E-state index >= 15 is 0 Å². The van der Waals surface area contributed by atoms with Gasteiger partial charge in [0, 0.05) is 29.2 Å². The molecule has 3 heterocycles. The lowest BCUT2D eigenvalue weighted by Crippen LogP contribution is -2.38. The highest BCUT2D eigenvalue weighted by Crippen LogP contribution is 2.48. The van der Waals surface area contributed by atoms with E-state index in [2.05, 4.69) is 51.6 Å². The summed E-state index contributed by atoms with van der Waals surface area (Å²) in [6.45, 7) is 3.09. The van der Waals surface area contributed by atoms with Crippen LogP contribution < -0.4 is 10.1 Å². The molecule has 1 N–H and O–H groups in total. The molecule has 1 saturated carbocycles. The van der Waals surface area contributed by atoms with Crippen LogP contribution in [0.15, 0.2) is 60.7 Å². The van der Waals surface area contributed by atoms with Crippen molar-refractivity contribution in [1.82, 2.24) is 15.2 Å². The molecule has 3 aromatic rings. The molecule has 2 bridgehead atoms. The SMILES string of the molecule is COc1ccc(C(=O)NC2CCC(CCN3C4C=CC3c3ccccc34)CC2)c2ccc(C)nc12. The van der Waals surface area contributed by atoms with Crippen molar-refractivity contribution in [2.45, 2.75) is 57.2 Å². The number of rotatable bonds is 6. The minimum Gasteiger partial charge on any atom is -0.494 e. The number of amides is 1. The summed E-state index contributed by atoms with van der Waals surface area (Å²) in [5, 5.41) is 4.15. The largest absolute Gasteiger partial charge is 0.494 e. The summed E-state index contributed by atoms with van der Waals surface area (Å²) in [6.07, 6.45) is 10.4. The van der Waals surface area contributed by atoms with Crippen LogP contribution in [-0.4, -0.2) is 35.5 Å². The van der Waals surface area contributed by atoms with E-state index in [1.54, 1.807) is 7.11 Å². The Balaban J connectivity index is 1.04. The van der Waals surface area contributed by atoms with Gasteiger partial charge < -0.3 is 10.1 Å². The molecule has 1 aromatic heterocycles. The van der Waals surface area contributed by atoms with E-state index in [1.165, 1.54) is 30.4 Å². The van der Waals surface area contributed by atoms with Crippen molar-refractivity contribution in [3.8, 4) is 5.75 Å². The van der Waals surface area contributed by atoms with E-state index in [9.17, 15) is 4.79 Å². The Morgan fingerprint density at radius 1 is 1.00 bits per heavy atom. The van der Waals surface area contributed by atoms with E-state index < -0.39 is 0 Å². The molecule has 2 unspecified atom stereocenters. The Morgan fingerprint density at radius 2 is 1.71 bits per heavy atom. The number of aromatic nitrogens is 1. The summed E-state index contributed by atoms with van der Waals surface area (Å²) in [6, 6.07) is 17.7. The Labute approximate surface area is 207 Å². The van der Waals surface area contributed by atoms with Crippen molar-refractivity contribution in [1.29, 1.82) is 0 Å². The molecule has 0 saturated heterocycles. The van der Waals surface area contributed by atoms with Crippen molar-refractivity contribution >= 4 is 16.8 Å². The van der Waals surface area contributed by atoms with Crippen LogP contribution in [0.2, 0.25) is 0 Å². The minimum absolute atomic E-state index is 0.00997. The quantitative estimate of drug-likeness (QED) is 0.459. The van der Waals surface area contributed by atoms with Crippen LogP contribution in [0.4, 0.5) is 0 Å². The maximum Gasteiger partial charge on any atom is 0.252 e. The number of methoxy groups -OCH3 is 1. The third-order valence-electron chi connectivity index (χ3n) is 8.23. The van der Waals surface area contributed by atoms with Crippen LogP contribution in [0.25, 0.3) is 10.9 Å². The van der Waals surface area contributed by atoms with Crippen molar-refractivity contribution in [3.63, 3.8) is 0 Å². The number of carbonyl (C=O) groups is 1. The predicted molar refractivity (Wildman–Crippen MR) is 139 cm³/mol. The normalized spacial score (nSPS) is 25.1. The van der Waals surface area contributed by atoms with Gasteiger partial charge in [0.05, 0.1) is 19.2 Å². The van der Waals surface area contributed by atoms with Gasteiger partial charge in [-0.05, 0) is 74.3 Å². The second-order valence-corrected chi connectivity index (χ2v) is 10.3. The van der Waals surface area contributed by atoms with Crippen LogP contribution in [0.1, 0.15) is 71.4 Å². The number of fused-ring (bicyclic) bond motifs is 6. The Bertz CT molecular complexity index is 1260. The summed E-state index contributed by atoms with van der Waals surface area (Å²) in [5.74, 6) is 1.43. The molecular weight excluding hydrogens is 434 g/mol. The molecule has 6 rings (SSSR count). The van der Waals surface area contributed by atoms with Gasteiger partial charge in [-0.2, -0.15) is 0 Å². The highest BCUT2D eigenvalue weighted by Gasteiger charge is 2.39. The predicted octanol–water partition coefficient (Wildman–Crippen LogP) is 5.90. The smallest absolute Gasteiger partial charge is 0.252 e. The lowest BCUT2D eigenvalue weighted by molar-refractivity contribution is 0.0921. The third-order valence-corrected chi connectivity index (χ3v) is 8.23. The minimum atomic E-state index is -0.00997. The average Bonchev–Trinajstić information content (AvgIpc) is 3.43. The highest BCUT2D eigenvalue weighted by atomic mass is 16.5. The van der Waals surface area contributed by atoms with Gasteiger partial charge in [0.15, 0.2) is 0 Å². The number of aryl methyl sites for hydroxylation is 1. The molecule has 1 aliphatic carbocycles. The number of carbonyl (C=O) groups excluding carboxylic acids is 1. The van der Waals surface area contributed by atoms with Crippen molar-refractivity contribution < 1.29 is 9.53 Å². The lowest BCUT2D eigenvalue weighted by Gasteiger charge is -2.31. The molecule has 5 nitrogen and oxygen atoms in total. The van der Waals surface area contributed by atoms with Crippen LogP contribution in [0.3, 0.4) is 0 Å². The van der Waals surface area contributed by atoms with Gasteiger partial charge in [-0.15, -0.1) is 0 Å². The number of hydrogen-bond donors (Lipinski definition) is 1. The zero-order valence-corrected chi connectivity index (χ0v) is 20.5. The highest BCUT2D eigenvalue weighted by molar-refractivity contribution is 6.07. The van der Waals surface area contributed by atoms with Gasteiger partial charge in [0.25, 0.3) is 5.91 Å². The van der Waals surface area contributed by atoms with Crippen LogP contribution in [0, 0.1) is 12.8 Å². The van der Waals surface area contributed by atoms with E-state index in [4.69, 9.17) is 4.74 Å².